The van der Waals surface area contributed by atoms with Gasteiger partial charge in [-0.3, -0.25) is 0 Å². The summed E-state index contributed by atoms with van der Waals surface area (Å²) in [5.41, 5.74) is 2.08. The highest BCUT2D eigenvalue weighted by Gasteiger charge is 2.14. The van der Waals surface area contributed by atoms with Crippen LogP contribution < -0.4 is 10.1 Å². The zero-order chi connectivity index (χ0) is 14.5. The fourth-order valence-electron chi connectivity index (χ4n) is 2.04. The van der Waals surface area contributed by atoms with Crippen LogP contribution in [-0.4, -0.2) is 19.1 Å². The largest absolute Gasteiger partial charge is 0.481 e. The van der Waals surface area contributed by atoms with Crippen LogP contribution in [0.5, 0.6) is 5.88 Å². The van der Waals surface area contributed by atoms with E-state index in [0.29, 0.717) is 15.9 Å². The second-order valence-electron chi connectivity index (χ2n) is 4.42. The fourth-order valence-corrected chi connectivity index (χ4v) is 2.47. The average molecular weight is 311 g/mol. The Morgan fingerprint density at radius 1 is 1.25 bits per heavy atom. The predicted molar refractivity (Wildman–Crippen MR) is 82.8 cm³/mol. The van der Waals surface area contributed by atoms with E-state index >= 15 is 0 Å². The van der Waals surface area contributed by atoms with Crippen LogP contribution >= 0.6 is 23.2 Å². The number of benzene rings is 1. The summed E-state index contributed by atoms with van der Waals surface area (Å²) in [4.78, 5) is 4.21. The molecule has 0 aliphatic carbocycles. The molecule has 0 saturated carbocycles. The Kier molecular flexibility index (Phi) is 5.24. The molecule has 1 unspecified atom stereocenters. The van der Waals surface area contributed by atoms with Gasteiger partial charge in [-0.2, -0.15) is 0 Å². The van der Waals surface area contributed by atoms with Gasteiger partial charge in [0.05, 0.1) is 7.11 Å². The molecule has 2 rings (SSSR count). The lowest BCUT2D eigenvalue weighted by Gasteiger charge is -2.18. The van der Waals surface area contributed by atoms with Gasteiger partial charge in [0.25, 0.3) is 0 Å². The average Bonchev–Trinajstić information content (AvgIpc) is 2.48. The van der Waals surface area contributed by atoms with Crippen LogP contribution in [0.15, 0.2) is 36.5 Å². The third-order valence-electron chi connectivity index (χ3n) is 3.13. The summed E-state index contributed by atoms with van der Waals surface area (Å²) in [5, 5.41) is 4.64. The lowest BCUT2D eigenvalue weighted by molar-refractivity contribution is 0.397. The van der Waals surface area contributed by atoms with Crippen LogP contribution in [0.3, 0.4) is 0 Å². The predicted octanol–water partition coefficient (Wildman–Crippen LogP) is 3.90. The summed E-state index contributed by atoms with van der Waals surface area (Å²) < 4.78 is 5.05. The van der Waals surface area contributed by atoms with Gasteiger partial charge in [0.1, 0.15) is 0 Å². The highest BCUT2D eigenvalue weighted by molar-refractivity contribution is 6.33. The third kappa shape index (κ3) is 3.63. The van der Waals surface area contributed by atoms with Crippen LogP contribution in [0.4, 0.5) is 0 Å². The van der Waals surface area contributed by atoms with Crippen molar-refractivity contribution in [2.24, 2.45) is 0 Å². The first-order valence-corrected chi connectivity index (χ1v) is 7.00. The van der Waals surface area contributed by atoms with E-state index in [9.17, 15) is 0 Å². The zero-order valence-corrected chi connectivity index (χ0v) is 12.9. The molecule has 0 aliphatic rings. The molecular weight excluding hydrogens is 295 g/mol. The van der Waals surface area contributed by atoms with Crippen LogP contribution in [-0.2, 0) is 6.42 Å². The monoisotopic (exact) mass is 310 g/mol. The molecule has 20 heavy (non-hydrogen) atoms. The summed E-state index contributed by atoms with van der Waals surface area (Å²) in [6.07, 6.45) is 2.58. The third-order valence-corrected chi connectivity index (χ3v) is 3.71. The number of nitrogens with one attached hydrogen (secondary N) is 1. The second-order valence-corrected chi connectivity index (χ2v) is 5.26. The molecule has 1 aromatic carbocycles. The van der Waals surface area contributed by atoms with Crippen molar-refractivity contribution in [3.8, 4) is 5.88 Å². The molecule has 0 fully saturated rings. The topological polar surface area (TPSA) is 34.1 Å². The number of hydrogen-bond donors (Lipinski definition) is 1. The summed E-state index contributed by atoms with van der Waals surface area (Å²) >= 11 is 12.3. The van der Waals surface area contributed by atoms with E-state index in [2.05, 4.69) is 10.3 Å². The number of halogens is 2. The molecular formula is C15H16Cl2N2O. The smallest absolute Gasteiger partial charge is 0.212 e. The maximum absolute atomic E-state index is 6.25. The molecule has 3 nitrogen and oxygen atoms in total. The van der Waals surface area contributed by atoms with Gasteiger partial charge in [-0.1, -0.05) is 29.3 Å². The minimum absolute atomic E-state index is 0.0800. The molecule has 1 heterocycles. The van der Waals surface area contributed by atoms with Crippen molar-refractivity contribution in [2.75, 3.05) is 14.2 Å². The van der Waals surface area contributed by atoms with Gasteiger partial charge in [0, 0.05) is 28.4 Å². The van der Waals surface area contributed by atoms with Crippen molar-refractivity contribution in [3.05, 3.63) is 57.7 Å². The van der Waals surface area contributed by atoms with Gasteiger partial charge < -0.3 is 10.1 Å². The van der Waals surface area contributed by atoms with Crippen molar-refractivity contribution in [1.82, 2.24) is 10.3 Å². The second kappa shape index (κ2) is 6.93. The van der Waals surface area contributed by atoms with Crippen LogP contribution in [0.2, 0.25) is 10.0 Å². The number of likely N-dealkylation sites (N-methyl/N-ethyl adjacent to an activating group) is 1. The summed E-state index contributed by atoms with van der Waals surface area (Å²) in [6.45, 7) is 0. The summed E-state index contributed by atoms with van der Waals surface area (Å²) in [6, 6.07) is 9.42. The van der Waals surface area contributed by atoms with Crippen molar-refractivity contribution in [1.29, 1.82) is 0 Å². The fraction of sp³-hybridized carbons (Fsp3) is 0.267. The Balaban J connectivity index is 2.21. The van der Waals surface area contributed by atoms with Crippen molar-refractivity contribution < 1.29 is 4.74 Å². The summed E-state index contributed by atoms with van der Waals surface area (Å²) in [7, 11) is 3.50. The minimum atomic E-state index is 0.0800. The Bertz CT molecular complexity index is 573. The highest BCUT2D eigenvalue weighted by Crippen LogP contribution is 2.28. The van der Waals surface area contributed by atoms with E-state index in [1.165, 1.54) is 0 Å². The van der Waals surface area contributed by atoms with Crippen molar-refractivity contribution in [3.63, 3.8) is 0 Å². The quantitative estimate of drug-likeness (QED) is 0.909. The molecule has 0 aliphatic heterocycles. The molecule has 0 amide bonds. The number of methoxy groups -OCH3 is 1. The maximum atomic E-state index is 6.25. The molecule has 1 aromatic heterocycles. The number of ether oxygens (including phenoxy) is 1. The lowest BCUT2D eigenvalue weighted by Crippen LogP contribution is -2.19. The zero-order valence-electron chi connectivity index (χ0n) is 11.4. The Labute approximate surface area is 128 Å². The standard InChI is InChI=1S/C15H16Cl2N2O/c1-18-14(12-8-11(16)4-5-13(12)17)7-10-3-6-15(20-2)19-9-10/h3-6,8-9,14,18H,7H2,1-2H3. The molecule has 5 heteroatoms. The molecule has 0 spiro atoms. The SMILES string of the molecule is CNC(Cc1ccc(OC)nc1)c1cc(Cl)ccc1Cl. The van der Waals surface area contributed by atoms with Gasteiger partial charge >= 0.3 is 0 Å². The van der Waals surface area contributed by atoms with Crippen LogP contribution in [0.25, 0.3) is 0 Å². The molecule has 0 saturated heterocycles. The molecule has 2 aromatic rings. The molecule has 1 atom stereocenters. The Morgan fingerprint density at radius 2 is 2.05 bits per heavy atom. The van der Waals surface area contributed by atoms with E-state index in [1.54, 1.807) is 13.2 Å². The van der Waals surface area contributed by atoms with Gasteiger partial charge in [-0.15, -0.1) is 0 Å². The molecule has 0 radical (unpaired) electrons. The number of pyridine rings is 1. The first-order valence-electron chi connectivity index (χ1n) is 6.25. The Hall–Kier alpha value is -1.29. The van der Waals surface area contributed by atoms with E-state index < -0.39 is 0 Å². The maximum Gasteiger partial charge on any atom is 0.212 e. The van der Waals surface area contributed by atoms with Gasteiger partial charge in [-0.25, -0.2) is 4.98 Å². The number of aromatic nitrogens is 1. The van der Waals surface area contributed by atoms with Crippen molar-refractivity contribution in [2.45, 2.75) is 12.5 Å². The van der Waals surface area contributed by atoms with Gasteiger partial charge in [-0.05, 0) is 42.8 Å². The van der Waals surface area contributed by atoms with Crippen LogP contribution in [0, 0.1) is 0 Å². The van der Waals surface area contributed by atoms with E-state index in [-0.39, 0.29) is 6.04 Å². The van der Waals surface area contributed by atoms with E-state index in [0.717, 1.165) is 17.5 Å². The highest BCUT2D eigenvalue weighted by atomic mass is 35.5. The first-order chi connectivity index (χ1) is 9.63. The Morgan fingerprint density at radius 3 is 2.65 bits per heavy atom. The molecule has 1 N–H and O–H groups in total. The van der Waals surface area contributed by atoms with Crippen LogP contribution in [0.1, 0.15) is 17.2 Å². The van der Waals surface area contributed by atoms with Gasteiger partial charge in [0.2, 0.25) is 5.88 Å². The number of hydrogen-bond acceptors (Lipinski definition) is 3. The lowest BCUT2D eigenvalue weighted by atomic mass is 10.00. The van der Waals surface area contributed by atoms with Gasteiger partial charge in [0.15, 0.2) is 0 Å². The summed E-state index contributed by atoms with van der Waals surface area (Å²) in [5.74, 6) is 0.607. The van der Waals surface area contributed by atoms with E-state index in [1.807, 2.05) is 37.5 Å². The normalized spacial score (nSPS) is 12.2. The minimum Gasteiger partial charge on any atom is -0.481 e. The molecule has 0 bridgehead atoms. The first kappa shape index (κ1) is 15.1. The number of nitrogens with zero attached hydrogens (tertiary/aromatic N) is 1. The number of rotatable bonds is 5. The van der Waals surface area contributed by atoms with E-state index in [4.69, 9.17) is 27.9 Å². The van der Waals surface area contributed by atoms with Crippen molar-refractivity contribution >= 4 is 23.2 Å². The molecule has 106 valence electrons.